The number of hydrogen-bond acceptors (Lipinski definition) is 7. The van der Waals surface area contributed by atoms with Crippen molar-refractivity contribution in [3.05, 3.63) is 51.6 Å². The van der Waals surface area contributed by atoms with E-state index >= 15 is 0 Å². The summed E-state index contributed by atoms with van der Waals surface area (Å²) in [5, 5.41) is 22.9. The minimum absolute atomic E-state index is 0.00566. The van der Waals surface area contributed by atoms with Crippen molar-refractivity contribution in [2.45, 2.75) is 0 Å². The number of anilines is 1. The Kier molecular flexibility index (Phi) is 5.81. The highest BCUT2D eigenvalue weighted by Gasteiger charge is 2.21. The van der Waals surface area contributed by atoms with E-state index in [0.29, 0.717) is 0 Å². The van der Waals surface area contributed by atoms with E-state index in [1.54, 1.807) is 0 Å². The zero-order valence-corrected chi connectivity index (χ0v) is 14.6. The van der Waals surface area contributed by atoms with Gasteiger partial charge in [0.2, 0.25) is 0 Å². The van der Waals surface area contributed by atoms with Gasteiger partial charge in [-0.2, -0.15) is 0 Å². The van der Waals surface area contributed by atoms with Gasteiger partial charge >= 0.3 is 11.7 Å². The fraction of sp³-hybridized carbons (Fsp3) is 0.176. The molecule has 2 aromatic carbocycles. The van der Waals surface area contributed by atoms with Gasteiger partial charge in [0.05, 0.1) is 37.5 Å². The summed E-state index contributed by atoms with van der Waals surface area (Å²) < 4.78 is 15.0. The Hall–Kier alpha value is -3.82. The molecule has 0 radical (unpaired) electrons. The Morgan fingerprint density at radius 2 is 1.59 bits per heavy atom. The molecule has 10 nitrogen and oxygen atoms in total. The van der Waals surface area contributed by atoms with Crippen LogP contribution in [0.1, 0.15) is 20.7 Å². The normalized spacial score (nSPS) is 10.0. The number of hydrogen-bond donors (Lipinski definition) is 2. The van der Waals surface area contributed by atoms with Crippen LogP contribution < -0.4 is 19.5 Å². The molecule has 0 heterocycles. The molecule has 0 atom stereocenters. The van der Waals surface area contributed by atoms with Crippen LogP contribution in [0.3, 0.4) is 0 Å². The molecule has 0 spiro atoms. The van der Waals surface area contributed by atoms with Gasteiger partial charge in [0.25, 0.3) is 5.91 Å². The molecule has 0 aliphatic heterocycles. The number of carboxylic acids is 1. The Bertz CT molecular complexity index is 910. The number of carbonyl (C=O) groups excluding carboxylic acids is 1. The lowest BCUT2D eigenvalue weighted by Crippen LogP contribution is -2.15. The van der Waals surface area contributed by atoms with Crippen LogP contribution in [-0.2, 0) is 0 Å². The van der Waals surface area contributed by atoms with Gasteiger partial charge in [0.1, 0.15) is 0 Å². The lowest BCUT2D eigenvalue weighted by atomic mass is 10.1. The van der Waals surface area contributed by atoms with Gasteiger partial charge in [-0.15, -0.1) is 0 Å². The number of methoxy groups -OCH3 is 3. The first-order valence-corrected chi connectivity index (χ1v) is 7.45. The standard InChI is InChI=1S/C17H16N2O8/c1-25-13-5-4-9(6-12(13)19(23)24)16(20)18-11-8-15(27-3)14(26-2)7-10(11)17(21)22/h4-8H,1-3H3,(H,18,20)(H,21,22). The molecule has 142 valence electrons. The summed E-state index contributed by atoms with van der Waals surface area (Å²) >= 11 is 0. The second-order valence-electron chi connectivity index (χ2n) is 5.16. The van der Waals surface area contributed by atoms with E-state index in [1.807, 2.05) is 0 Å². The van der Waals surface area contributed by atoms with E-state index in [9.17, 15) is 24.8 Å². The number of carbonyl (C=O) groups is 2. The molecule has 2 rings (SSSR count). The molecule has 0 aromatic heterocycles. The second-order valence-corrected chi connectivity index (χ2v) is 5.16. The molecule has 0 saturated heterocycles. The summed E-state index contributed by atoms with van der Waals surface area (Å²) in [6, 6.07) is 6.13. The monoisotopic (exact) mass is 376 g/mol. The highest BCUT2D eigenvalue weighted by molar-refractivity contribution is 6.08. The van der Waals surface area contributed by atoms with Crippen LogP contribution >= 0.6 is 0 Å². The lowest BCUT2D eigenvalue weighted by Gasteiger charge is -2.14. The number of carboxylic acid groups (broad SMARTS) is 1. The number of nitro benzene ring substituents is 1. The summed E-state index contributed by atoms with van der Waals surface area (Å²) in [5.74, 6) is -1.66. The van der Waals surface area contributed by atoms with Crippen molar-refractivity contribution >= 4 is 23.3 Å². The van der Waals surface area contributed by atoms with Crippen LogP contribution in [-0.4, -0.2) is 43.2 Å². The highest BCUT2D eigenvalue weighted by Crippen LogP contribution is 2.34. The molecule has 0 bridgehead atoms. The number of nitrogens with zero attached hydrogens (tertiary/aromatic N) is 1. The molecular formula is C17H16N2O8. The van der Waals surface area contributed by atoms with Gasteiger partial charge in [-0.05, 0) is 12.1 Å². The first kappa shape index (κ1) is 19.5. The average molecular weight is 376 g/mol. The van der Waals surface area contributed by atoms with Gasteiger partial charge in [-0.1, -0.05) is 0 Å². The smallest absolute Gasteiger partial charge is 0.337 e. The Morgan fingerprint density at radius 1 is 1.00 bits per heavy atom. The van der Waals surface area contributed by atoms with Crippen LogP contribution in [0, 0.1) is 10.1 Å². The summed E-state index contributed by atoms with van der Waals surface area (Å²) in [4.78, 5) is 34.4. The minimum Gasteiger partial charge on any atom is -0.493 e. The Balaban J connectivity index is 2.44. The molecule has 2 aromatic rings. The zero-order valence-electron chi connectivity index (χ0n) is 14.6. The van der Waals surface area contributed by atoms with Gasteiger partial charge < -0.3 is 24.6 Å². The van der Waals surface area contributed by atoms with Crippen LogP contribution in [0.2, 0.25) is 0 Å². The summed E-state index contributed by atoms with van der Waals surface area (Å²) in [5.41, 5.74) is -0.725. The van der Waals surface area contributed by atoms with E-state index in [-0.39, 0.29) is 34.1 Å². The predicted octanol–water partition coefficient (Wildman–Crippen LogP) is 2.57. The molecule has 2 N–H and O–H groups in total. The predicted molar refractivity (Wildman–Crippen MR) is 94.1 cm³/mol. The number of nitro groups is 1. The number of aromatic carboxylic acids is 1. The number of nitrogens with one attached hydrogen (secondary N) is 1. The van der Waals surface area contributed by atoms with Crippen molar-refractivity contribution < 1.29 is 33.8 Å². The third-order valence-corrected chi connectivity index (χ3v) is 3.64. The Labute approximate surface area is 153 Å². The number of rotatable bonds is 7. The van der Waals surface area contributed by atoms with E-state index < -0.39 is 22.5 Å². The van der Waals surface area contributed by atoms with Crippen LogP contribution in [0.15, 0.2) is 30.3 Å². The third-order valence-electron chi connectivity index (χ3n) is 3.64. The fourth-order valence-corrected chi connectivity index (χ4v) is 2.33. The lowest BCUT2D eigenvalue weighted by molar-refractivity contribution is -0.385. The maximum absolute atomic E-state index is 12.5. The van der Waals surface area contributed by atoms with Crippen LogP contribution in [0.4, 0.5) is 11.4 Å². The van der Waals surface area contributed by atoms with Gasteiger partial charge in [0, 0.05) is 23.8 Å². The Morgan fingerprint density at radius 3 is 2.11 bits per heavy atom. The van der Waals surface area contributed by atoms with Crippen LogP contribution in [0.25, 0.3) is 0 Å². The van der Waals surface area contributed by atoms with Crippen LogP contribution in [0.5, 0.6) is 17.2 Å². The van der Waals surface area contributed by atoms with Crippen molar-refractivity contribution in [2.24, 2.45) is 0 Å². The summed E-state index contributed by atoms with van der Waals surface area (Å²) in [6.07, 6.45) is 0. The van der Waals surface area contributed by atoms with E-state index in [2.05, 4.69) is 5.32 Å². The topological polar surface area (TPSA) is 137 Å². The maximum atomic E-state index is 12.5. The average Bonchev–Trinajstić information content (AvgIpc) is 2.66. The summed E-state index contributed by atoms with van der Waals surface area (Å²) in [7, 11) is 3.97. The maximum Gasteiger partial charge on any atom is 0.337 e. The molecule has 10 heteroatoms. The van der Waals surface area contributed by atoms with Gasteiger partial charge in [0.15, 0.2) is 17.2 Å². The number of benzene rings is 2. The van der Waals surface area contributed by atoms with Gasteiger partial charge in [-0.25, -0.2) is 4.79 Å². The number of amides is 1. The highest BCUT2D eigenvalue weighted by atomic mass is 16.6. The van der Waals surface area contributed by atoms with Crippen molar-refractivity contribution in [1.29, 1.82) is 0 Å². The molecule has 0 saturated carbocycles. The van der Waals surface area contributed by atoms with E-state index in [4.69, 9.17) is 14.2 Å². The molecule has 0 aliphatic carbocycles. The minimum atomic E-state index is -1.30. The third kappa shape index (κ3) is 4.06. The second kappa shape index (κ2) is 8.04. The largest absolute Gasteiger partial charge is 0.493 e. The molecule has 1 amide bonds. The zero-order chi connectivity index (χ0) is 20.1. The molecular weight excluding hydrogens is 360 g/mol. The van der Waals surface area contributed by atoms with Crippen molar-refractivity contribution in [1.82, 2.24) is 0 Å². The quantitative estimate of drug-likeness (QED) is 0.555. The first-order chi connectivity index (χ1) is 12.8. The molecule has 0 aliphatic rings. The SMILES string of the molecule is COc1cc(NC(=O)c2ccc(OC)c([N+](=O)[O-])c2)c(C(=O)O)cc1OC. The van der Waals surface area contributed by atoms with Crippen molar-refractivity contribution in [2.75, 3.05) is 26.6 Å². The molecule has 27 heavy (non-hydrogen) atoms. The molecule has 0 unspecified atom stereocenters. The number of ether oxygens (including phenoxy) is 3. The van der Waals surface area contributed by atoms with Crippen molar-refractivity contribution in [3.63, 3.8) is 0 Å². The first-order valence-electron chi connectivity index (χ1n) is 7.45. The van der Waals surface area contributed by atoms with E-state index in [1.165, 1.54) is 45.6 Å². The van der Waals surface area contributed by atoms with Crippen molar-refractivity contribution in [3.8, 4) is 17.2 Å². The fourth-order valence-electron chi connectivity index (χ4n) is 2.33. The van der Waals surface area contributed by atoms with Gasteiger partial charge in [-0.3, -0.25) is 14.9 Å². The molecule has 0 fully saturated rings. The van der Waals surface area contributed by atoms with E-state index in [0.717, 1.165) is 6.07 Å². The summed E-state index contributed by atoms with van der Waals surface area (Å²) in [6.45, 7) is 0.